The van der Waals surface area contributed by atoms with Crippen LogP contribution in [0.3, 0.4) is 0 Å². The number of rotatable bonds is 4. The van der Waals surface area contributed by atoms with Crippen LogP contribution in [0.1, 0.15) is 26.2 Å². The van der Waals surface area contributed by atoms with E-state index in [4.69, 9.17) is 16.7 Å². The highest BCUT2D eigenvalue weighted by molar-refractivity contribution is 6.17. The lowest BCUT2D eigenvalue weighted by Gasteiger charge is -1.84. The molecule has 0 aliphatic rings. The zero-order valence-electron chi connectivity index (χ0n) is 6.85. The molecule has 0 saturated heterocycles. The van der Waals surface area contributed by atoms with Crippen LogP contribution in [0.15, 0.2) is 12.7 Å². The van der Waals surface area contributed by atoms with Crippen LogP contribution in [0.2, 0.25) is 0 Å². The molecule has 3 heteroatoms. The van der Waals surface area contributed by atoms with Crippen molar-refractivity contribution in [2.24, 2.45) is 0 Å². The van der Waals surface area contributed by atoms with E-state index in [0.717, 1.165) is 12.0 Å². The molecule has 0 aromatic carbocycles. The fraction of sp³-hybridized carbons (Fsp3) is 0.625. The fourth-order valence-electron chi connectivity index (χ4n) is 0.344. The highest BCUT2D eigenvalue weighted by Crippen LogP contribution is 1.93. The van der Waals surface area contributed by atoms with E-state index in [2.05, 4.69) is 13.5 Å². The van der Waals surface area contributed by atoms with Gasteiger partial charge in [0.2, 0.25) is 0 Å². The van der Waals surface area contributed by atoms with E-state index in [9.17, 15) is 4.79 Å². The Kier molecular flexibility index (Phi) is 14.5. The van der Waals surface area contributed by atoms with Gasteiger partial charge in [-0.25, -0.2) is 4.79 Å². The molecular weight excluding hydrogens is 164 g/mol. The highest BCUT2D eigenvalue weighted by Gasteiger charge is 1.76. The first kappa shape index (κ1) is 13.1. The van der Waals surface area contributed by atoms with Crippen LogP contribution in [-0.4, -0.2) is 17.0 Å². The molecule has 66 valence electrons. The number of unbranched alkanes of at least 4 members (excludes halogenated alkanes) is 2. The third-order valence-electron chi connectivity index (χ3n) is 0.912. The Bertz CT molecular complexity index is 98.3. The Hall–Kier alpha value is -0.500. The summed E-state index contributed by atoms with van der Waals surface area (Å²) in [5.74, 6) is -0.154. The second kappa shape index (κ2) is 12.2. The average Bonchev–Trinajstić information content (AvgIpc) is 2.02. The van der Waals surface area contributed by atoms with E-state index in [1.165, 1.54) is 19.3 Å². The molecule has 0 radical (unpaired) electrons. The van der Waals surface area contributed by atoms with Gasteiger partial charge in [-0.2, -0.15) is 0 Å². The molecule has 0 rings (SSSR count). The monoisotopic (exact) mass is 178 g/mol. The fourth-order valence-corrected chi connectivity index (χ4v) is 0.533. The molecule has 0 aromatic rings. The molecule has 0 aliphatic heterocycles. The van der Waals surface area contributed by atoms with Gasteiger partial charge >= 0.3 is 5.97 Å². The van der Waals surface area contributed by atoms with Crippen LogP contribution < -0.4 is 0 Å². The molecule has 0 bridgehead atoms. The van der Waals surface area contributed by atoms with Gasteiger partial charge in [0.15, 0.2) is 0 Å². The van der Waals surface area contributed by atoms with Crippen molar-refractivity contribution in [1.29, 1.82) is 0 Å². The van der Waals surface area contributed by atoms with Gasteiger partial charge in [0.1, 0.15) is 0 Å². The summed E-state index contributed by atoms with van der Waals surface area (Å²) in [4.78, 5) is 9.25. The maximum absolute atomic E-state index is 9.25. The molecule has 1 N–H and O–H groups in total. The van der Waals surface area contributed by atoms with Crippen LogP contribution in [-0.2, 0) is 4.79 Å². The number of carboxylic acids is 1. The number of hydrogen-bond acceptors (Lipinski definition) is 1. The molecule has 0 saturated carbocycles. The summed E-state index contributed by atoms with van der Waals surface area (Å²) in [5, 5.41) is 7.60. The van der Waals surface area contributed by atoms with Gasteiger partial charge in [0, 0.05) is 12.0 Å². The molecule has 0 atom stereocenters. The zero-order valence-corrected chi connectivity index (χ0v) is 7.60. The summed E-state index contributed by atoms with van der Waals surface area (Å²) >= 11 is 5.38. The van der Waals surface area contributed by atoms with Crippen LogP contribution in [0.4, 0.5) is 0 Å². The maximum atomic E-state index is 9.25. The number of halogens is 1. The molecule has 11 heavy (non-hydrogen) atoms. The minimum atomic E-state index is -0.981. The Labute approximate surface area is 72.9 Å². The normalized spacial score (nSPS) is 7.82. The third-order valence-corrected chi connectivity index (χ3v) is 1.18. The van der Waals surface area contributed by atoms with E-state index in [1.807, 2.05) is 0 Å². The lowest BCUT2D eigenvalue weighted by atomic mass is 10.3. The van der Waals surface area contributed by atoms with E-state index in [-0.39, 0.29) is 0 Å². The Balaban J connectivity index is 0. The van der Waals surface area contributed by atoms with Crippen LogP contribution >= 0.6 is 11.6 Å². The Morgan fingerprint density at radius 3 is 2.18 bits per heavy atom. The van der Waals surface area contributed by atoms with Gasteiger partial charge in [0.25, 0.3) is 0 Å². The van der Waals surface area contributed by atoms with Gasteiger partial charge in [-0.3, -0.25) is 0 Å². The van der Waals surface area contributed by atoms with Crippen molar-refractivity contribution >= 4 is 17.6 Å². The topological polar surface area (TPSA) is 37.3 Å². The molecule has 0 amide bonds. The van der Waals surface area contributed by atoms with Gasteiger partial charge in [-0.15, -0.1) is 11.6 Å². The lowest BCUT2D eigenvalue weighted by Crippen LogP contribution is -1.82. The van der Waals surface area contributed by atoms with E-state index < -0.39 is 5.97 Å². The van der Waals surface area contributed by atoms with Crippen molar-refractivity contribution in [2.45, 2.75) is 26.2 Å². The standard InChI is InChI=1S/C5H11Cl.C3H4O2/c1-2-3-4-5-6;1-2-3(4)5/h2-5H2,1H3;2H,1H2,(H,4,5). The van der Waals surface area contributed by atoms with E-state index in [1.54, 1.807) is 0 Å². The van der Waals surface area contributed by atoms with Crippen molar-refractivity contribution < 1.29 is 9.90 Å². The largest absolute Gasteiger partial charge is 0.478 e. The second-order valence-corrected chi connectivity index (χ2v) is 2.32. The average molecular weight is 179 g/mol. The molecule has 0 spiro atoms. The second-order valence-electron chi connectivity index (χ2n) is 1.94. The van der Waals surface area contributed by atoms with Crippen molar-refractivity contribution in [1.82, 2.24) is 0 Å². The first-order valence-electron chi connectivity index (χ1n) is 3.60. The highest BCUT2D eigenvalue weighted by atomic mass is 35.5. The summed E-state index contributed by atoms with van der Waals surface area (Å²) in [6.07, 6.45) is 4.56. The molecular formula is C8H15ClO2. The van der Waals surface area contributed by atoms with Crippen LogP contribution in [0.5, 0.6) is 0 Å². The molecule has 2 nitrogen and oxygen atoms in total. The predicted molar refractivity (Wildman–Crippen MR) is 48.1 cm³/mol. The SMILES string of the molecule is C=CC(=O)O.CCCCCCl. The number of hydrogen-bond donors (Lipinski definition) is 1. The molecule has 0 unspecified atom stereocenters. The molecule has 0 aromatic heterocycles. The summed E-state index contributed by atoms with van der Waals surface area (Å²) in [5.41, 5.74) is 0. The van der Waals surface area contributed by atoms with Gasteiger partial charge < -0.3 is 5.11 Å². The summed E-state index contributed by atoms with van der Waals surface area (Å²) in [6, 6.07) is 0. The number of alkyl halides is 1. The Morgan fingerprint density at radius 2 is 2.09 bits per heavy atom. The molecule has 0 aliphatic carbocycles. The molecule has 0 fully saturated rings. The first-order valence-corrected chi connectivity index (χ1v) is 4.13. The van der Waals surface area contributed by atoms with E-state index >= 15 is 0 Å². The lowest BCUT2D eigenvalue weighted by molar-refractivity contribution is -0.131. The van der Waals surface area contributed by atoms with Crippen molar-refractivity contribution in [3.63, 3.8) is 0 Å². The van der Waals surface area contributed by atoms with Crippen molar-refractivity contribution in [3.8, 4) is 0 Å². The van der Waals surface area contributed by atoms with Crippen molar-refractivity contribution in [2.75, 3.05) is 5.88 Å². The maximum Gasteiger partial charge on any atom is 0.327 e. The smallest absolute Gasteiger partial charge is 0.327 e. The number of carboxylic acid groups (broad SMARTS) is 1. The number of carbonyl (C=O) groups is 1. The van der Waals surface area contributed by atoms with Gasteiger partial charge in [-0.05, 0) is 6.42 Å². The van der Waals surface area contributed by atoms with Crippen LogP contribution in [0.25, 0.3) is 0 Å². The molecule has 0 heterocycles. The first-order chi connectivity index (χ1) is 5.18. The van der Waals surface area contributed by atoms with Gasteiger partial charge in [-0.1, -0.05) is 26.3 Å². The number of aliphatic carboxylic acids is 1. The zero-order chi connectivity index (χ0) is 9.11. The van der Waals surface area contributed by atoms with Crippen molar-refractivity contribution in [3.05, 3.63) is 12.7 Å². The predicted octanol–water partition coefficient (Wildman–Crippen LogP) is 2.67. The quantitative estimate of drug-likeness (QED) is 0.408. The van der Waals surface area contributed by atoms with E-state index in [0.29, 0.717) is 0 Å². The summed E-state index contributed by atoms with van der Waals surface area (Å²) in [6.45, 7) is 5.13. The Morgan fingerprint density at radius 1 is 1.64 bits per heavy atom. The summed E-state index contributed by atoms with van der Waals surface area (Å²) in [7, 11) is 0. The third kappa shape index (κ3) is 26.4. The minimum Gasteiger partial charge on any atom is -0.478 e. The van der Waals surface area contributed by atoms with Crippen LogP contribution in [0, 0.1) is 0 Å². The summed E-state index contributed by atoms with van der Waals surface area (Å²) < 4.78 is 0. The minimum absolute atomic E-state index is 0.827. The van der Waals surface area contributed by atoms with Gasteiger partial charge in [0.05, 0.1) is 0 Å².